The summed E-state index contributed by atoms with van der Waals surface area (Å²) in [6.45, 7) is 1.89. The number of hydrogen-bond acceptors (Lipinski definition) is 7. The Labute approximate surface area is 176 Å². The molecule has 2 aromatic carbocycles. The highest BCUT2D eigenvalue weighted by Gasteiger charge is 2.09. The van der Waals surface area contributed by atoms with Gasteiger partial charge in [0.25, 0.3) is 0 Å². The summed E-state index contributed by atoms with van der Waals surface area (Å²) in [4.78, 5) is 15.7. The summed E-state index contributed by atoms with van der Waals surface area (Å²) in [6.07, 6.45) is 1.71. The van der Waals surface area contributed by atoms with Crippen LogP contribution < -0.4 is 10.2 Å². The van der Waals surface area contributed by atoms with Crippen LogP contribution in [0.5, 0.6) is 5.75 Å². The molecule has 1 aromatic heterocycles. The molecule has 0 bridgehead atoms. The fourth-order valence-electron chi connectivity index (χ4n) is 2.44. The van der Waals surface area contributed by atoms with Gasteiger partial charge in [0.1, 0.15) is 24.0 Å². The van der Waals surface area contributed by atoms with E-state index in [4.69, 9.17) is 9.47 Å². The highest BCUT2D eigenvalue weighted by Crippen LogP contribution is 2.18. The lowest BCUT2D eigenvalue weighted by atomic mass is 10.2. The summed E-state index contributed by atoms with van der Waals surface area (Å²) in [7, 11) is 0. The number of nitrogens with zero attached hydrogens (tertiary/aromatic N) is 2. The maximum absolute atomic E-state index is 13.6. The van der Waals surface area contributed by atoms with Crippen molar-refractivity contribution >= 4 is 28.7 Å². The zero-order valence-corrected chi connectivity index (χ0v) is 16.9. The van der Waals surface area contributed by atoms with Gasteiger partial charge in [-0.15, -0.1) is 11.3 Å². The van der Waals surface area contributed by atoms with E-state index in [0.29, 0.717) is 23.2 Å². The number of hydrazone groups is 1. The summed E-state index contributed by atoms with van der Waals surface area (Å²) < 4.78 is 37.6. The van der Waals surface area contributed by atoms with Gasteiger partial charge in [-0.2, -0.15) is 5.10 Å². The van der Waals surface area contributed by atoms with E-state index in [0.717, 1.165) is 5.56 Å². The summed E-state index contributed by atoms with van der Waals surface area (Å²) in [5.41, 5.74) is 4.09. The lowest BCUT2D eigenvalue weighted by Gasteiger charge is -2.08. The van der Waals surface area contributed by atoms with Crippen molar-refractivity contribution in [1.82, 2.24) is 4.98 Å². The second kappa shape index (κ2) is 10.4. The topological polar surface area (TPSA) is 72.8 Å². The van der Waals surface area contributed by atoms with Gasteiger partial charge in [-0.3, -0.25) is 10.2 Å². The fraction of sp³-hybridized carbons (Fsp3) is 0.190. The van der Waals surface area contributed by atoms with Gasteiger partial charge < -0.3 is 9.47 Å². The molecule has 9 heteroatoms. The Hall–Kier alpha value is -3.33. The maximum atomic E-state index is 13.6. The molecule has 0 aliphatic rings. The number of ether oxygens (including phenoxy) is 2. The van der Waals surface area contributed by atoms with E-state index in [1.165, 1.54) is 29.5 Å². The van der Waals surface area contributed by atoms with Crippen molar-refractivity contribution in [3.8, 4) is 5.75 Å². The van der Waals surface area contributed by atoms with Crippen LogP contribution in [0.15, 0.2) is 52.9 Å². The fourth-order valence-corrected chi connectivity index (χ4v) is 3.10. The first-order valence-electron chi connectivity index (χ1n) is 9.10. The molecule has 0 radical (unpaired) electrons. The monoisotopic (exact) mass is 431 g/mol. The number of hydrogen-bond donors (Lipinski definition) is 1. The number of aromatic nitrogens is 1. The number of anilines is 1. The number of halogens is 2. The van der Waals surface area contributed by atoms with Gasteiger partial charge in [-0.25, -0.2) is 13.8 Å². The molecule has 0 fully saturated rings. The third kappa shape index (κ3) is 6.08. The third-order valence-electron chi connectivity index (χ3n) is 3.88. The van der Waals surface area contributed by atoms with Gasteiger partial charge in [-0.1, -0.05) is 6.07 Å². The van der Waals surface area contributed by atoms with Crippen LogP contribution in [0.2, 0.25) is 0 Å². The first-order valence-corrected chi connectivity index (χ1v) is 9.98. The largest absolute Gasteiger partial charge is 0.489 e. The molecule has 3 aromatic rings. The smallest absolute Gasteiger partial charge is 0.311 e. The number of thiazole rings is 1. The molecule has 0 spiro atoms. The van der Waals surface area contributed by atoms with Crippen LogP contribution in [-0.4, -0.2) is 23.8 Å². The lowest BCUT2D eigenvalue weighted by molar-refractivity contribution is -0.142. The summed E-state index contributed by atoms with van der Waals surface area (Å²) in [6, 6.07) is 10.6. The molecule has 0 aliphatic carbocycles. The predicted molar refractivity (Wildman–Crippen MR) is 111 cm³/mol. The number of esters is 1. The molecule has 3 rings (SSSR count). The van der Waals surface area contributed by atoms with Crippen LogP contribution in [0.3, 0.4) is 0 Å². The molecule has 30 heavy (non-hydrogen) atoms. The van der Waals surface area contributed by atoms with Crippen molar-refractivity contribution in [2.75, 3.05) is 12.0 Å². The average molecular weight is 431 g/mol. The van der Waals surface area contributed by atoms with E-state index >= 15 is 0 Å². The van der Waals surface area contributed by atoms with Gasteiger partial charge in [0.15, 0.2) is 0 Å². The first-order chi connectivity index (χ1) is 14.5. The number of carbonyl (C=O) groups is 1. The van der Waals surface area contributed by atoms with Crippen LogP contribution in [0.1, 0.15) is 23.7 Å². The van der Waals surface area contributed by atoms with E-state index in [1.807, 2.05) is 0 Å². The van der Waals surface area contributed by atoms with Gasteiger partial charge in [0, 0.05) is 5.38 Å². The molecule has 0 saturated heterocycles. The Morgan fingerprint density at radius 2 is 1.93 bits per heavy atom. The Morgan fingerprint density at radius 3 is 2.63 bits per heavy atom. The van der Waals surface area contributed by atoms with Gasteiger partial charge in [-0.05, 0) is 48.9 Å². The van der Waals surface area contributed by atoms with E-state index in [9.17, 15) is 13.6 Å². The van der Waals surface area contributed by atoms with Crippen LogP contribution in [0.25, 0.3) is 0 Å². The van der Waals surface area contributed by atoms with Crippen molar-refractivity contribution in [2.45, 2.75) is 20.0 Å². The van der Waals surface area contributed by atoms with E-state index in [-0.39, 0.29) is 24.6 Å². The Bertz CT molecular complexity index is 1000. The average Bonchev–Trinajstić information content (AvgIpc) is 3.16. The molecular weight excluding hydrogens is 412 g/mol. The molecule has 1 heterocycles. The van der Waals surface area contributed by atoms with Crippen LogP contribution in [0.4, 0.5) is 13.9 Å². The quantitative estimate of drug-likeness (QED) is 0.306. The van der Waals surface area contributed by atoms with Crippen molar-refractivity contribution in [1.29, 1.82) is 0 Å². The molecule has 0 unspecified atom stereocenters. The summed E-state index contributed by atoms with van der Waals surface area (Å²) in [5, 5.41) is 6.42. The normalized spacial score (nSPS) is 10.9. The zero-order valence-electron chi connectivity index (χ0n) is 16.1. The van der Waals surface area contributed by atoms with E-state index in [1.54, 1.807) is 42.8 Å². The second-order valence-electron chi connectivity index (χ2n) is 6.05. The summed E-state index contributed by atoms with van der Waals surface area (Å²) >= 11 is 1.33. The Balaban J connectivity index is 1.50. The highest BCUT2D eigenvalue weighted by molar-refractivity contribution is 7.13. The lowest BCUT2D eigenvalue weighted by Crippen LogP contribution is -2.07. The van der Waals surface area contributed by atoms with Crippen molar-refractivity contribution in [3.63, 3.8) is 0 Å². The standard InChI is InChI=1S/C21H19F2N3O3S/c1-2-28-20(27)10-15-13-30-21(25-15)26-24-11-14-6-8-16(9-7-14)29-12-17-18(22)4-3-5-19(17)23/h3-9,11,13H,2,10,12H2,1H3,(H,25,26). The van der Waals surface area contributed by atoms with Crippen LogP contribution in [0, 0.1) is 11.6 Å². The van der Waals surface area contributed by atoms with Crippen LogP contribution >= 0.6 is 11.3 Å². The molecule has 156 valence electrons. The zero-order chi connectivity index (χ0) is 21.3. The summed E-state index contributed by atoms with van der Waals surface area (Å²) in [5.74, 6) is -1.13. The third-order valence-corrected chi connectivity index (χ3v) is 4.68. The van der Waals surface area contributed by atoms with E-state index in [2.05, 4.69) is 15.5 Å². The van der Waals surface area contributed by atoms with E-state index < -0.39 is 11.6 Å². The van der Waals surface area contributed by atoms with Gasteiger partial charge in [0.2, 0.25) is 5.13 Å². The Kier molecular flexibility index (Phi) is 7.45. The molecule has 0 atom stereocenters. The molecular formula is C21H19F2N3O3S. The minimum absolute atomic E-state index is 0.113. The number of benzene rings is 2. The predicted octanol–water partition coefficient (Wildman–Crippen LogP) is 4.55. The number of carbonyl (C=O) groups excluding carboxylic acids is 1. The molecule has 0 amide bonds. The molecule has 0 saturated carbocycles. The Morgan fingerprint density at radius 1 is 1.20 bits per heavy atom. The number of nitrogens with one attached hydrogen (secondary N) is 1. The highest BCUT2D eigenvalue weighted by atomic mass is 32.1. The SMILES string of the molecule is CCOC(=O)Cc1csc(NN=Cc2ccc(OCc3c(F)cccc3F)cc2)n1. The molecule has 6 nitrogen and oxygen atoms in total. The minimum atomic E-state index is -0.641. The van der Waals surface area contributed by atoms with Gasteiger partial charge >= 0.3 is 5.97 Å². The maximum Gasteiger partial charge on any atom is 0.311 e. The van der Waals surface area contributed by atoms with Crippen molar-refractivity contribution in [3.05, 3.63) is 76.3 Å². The second-order valence-corrected chi connectivity index (χ2v) is 6.91. The van der Waals surface area contributed by atoms with Crippen LogP contribution in [-0.2, 0) is 22.6 Å². The first kappa shape index (κ1) is 21.4. The molecule has 1 N–H and O–H groups in total. The van der Waals surface area contributed by atoms with Gasteiger partial charge in [0.05, 0.1) is 30.5 Å². The van der Waals surface area contributed by atoms with Crippen molar-refractivity contribution < 1.29 is 23.0 Å². The van der Waals surface area contributed by atoms with Crippen molar-refractivity contribution in [2.24, 2.45) is 5.10 Å². The minimum Gasteiger partial charge on any atom is -0.489 e. The number of rotatable bonds is 9. The molecule has 0 aliphatic heterocycles.